The van der Waals surface area contributed by atoms with E-state index in [9.17, 15) is 24.5 Å². The molecule has 0 fully saturated rings. The van der Waals surface area contributed by atoms with Gasteiger partial charge in [-0.2, -0.15) is 0 Å². The van der Waals surface area contributed by atoms with Gasteiger partial charge in [0.2, 0.25) is 5.91 Å². The van der Waals surface area contributed by atoms with Crippen LogP contribution in [-0.2, 0) is 14.3 Å². The molecule has 0 bridgehead atoms. The maximum atomic E-state index is 12.1. The summed E-state index contributed by atoms with van der Waals surface area (Å²) in [5.74, 6) is -1.31. The maximum Gasteiger partial charge on any atom is 0.331 e. The number of anilines is 1. The molecule has 0 aliphatic heterocycles. The van der Waals surface area contributed by atoms with Crippen molar-refractivity contribution in [1.29, 1.82) is 0 Å². The number of amides is 1. The predicted octanol–water partition coefficient (Wildman–Crippen LogP) is 3.77. The second-order valence-electron chi connectivity index (χ2n) is 6.06. The summed E-state index contributed by atoms with van der Waals surface area (Å²) in [5, 5.41) is 13.7. The summed E-state index contributed by atoms with van der Waals surface area (Å²) < 4.78 is 4.89. The van der Waals surface area contributed by atoms with Crippen molar-refractivity contribution in [1.82, 2.24) is 0 Å². The monoisotopic (exact) mass is 396 g/mol. The largest absolute Gasteiger partial charge is 0.454 e. The van der Waals surface area contributed by atoms with Crippen molar-refractivity contribution in [3.05, 3.63) is 75.8 Å². The smallest absolute Gasteiger partial charge is 0.331 e. The molecule has 2 aromatic carbocycles. The third kappa shape index (κ3) is 6.69. The summed E-state index contributed by atoms with van der Waals surface area (Å²) in [6.45, 7) is 1.43. The molecule has 2 aromatic rings. The minimum atomic E-state index is -0.792. The zero-order valence-corrected chi connectivity index (χ0v) is 15.8. The highest BCUT2D eigenvalue weighted by atomic mass is 16.6. The Balaban J connectivity index is 1.89. The molecule has 0 radical (unpaired) electrons. The Morgan fingerprint density at radius 2 is 1.79 bits per heavy atom. The first-order valence-electron chi connectivity index (χ1n) is 8.92. The quantitative estimate of drug-likeness (QED) is 0.227. The van der Waals surface area contributed by atoms with Gasteiger partial charge in [-0.25, -0.2) is 4.79 Å². The number of Topliss-reactive ketones (excluding diaryl/α,β-unsaturated/α-hetero) is 1. The molecule has 0 atom stereocenters. The van der Waals surface area contributed by atoms with Crippen molar-refractivity contribution in [2.24, 2.45) is 0 Å². The van der Waals surface area contributed by atoms with Crippen molar-refractivity contribution < 1.29 is 24.0 Å². The van der Waals surface area contributed by atoms with E-state index >= 15 is 0 Å². The van der Waals surface area contributed by atoms with E-state index in [-0.39, 0.29) is 17.2 Å². The van der Waals surface area contributed by atoms with Crippen LogP contribution in [0.15, 0.2) is 54.6 Å². The number of hydrogen-bond acceptors (Lipinski definition) is 6. The number of hydrogen-bond donors (Lipinski definition) is 1. The Kier molecular flexibility index (Phi) is 7.78. The molecule has 8 heteroatoms. The number of benzene rings is 2. The van der Waals surface area contributed by atoms with Crippen LogP contribution in [0.1, 0.15) is 35.7 Å². The second kappa shape index (κ2) is 10.5. The minimum absolute atomic E-state index is 0.106. The summed E-state index contributed by atoms with van der Waals surface area (Å²) in [7, 11) is 0. The molecule has 0 aliphatic rings. The van der Waals surface area contributed by atoms with E-state index in [1.54, 1.807) is 18.2 Å². The lowest BCUT2D eigenvalue weighted by atomic mass is 10.1. The Hall–Kier alpha value is -3.81. The lowest BCUT2D eigenvalue weighted by Gasteiger charge is -2.06. The summed E-state index contributed by atoms with van der Waals surface area (Å²) in [5.41, 5.74) is 1.01. The van der Waals surface area contributed by atoms with Crippen LogP contribution in [-0.4, -0.2) is 29.2 Å². The van der Waals surface area contributed by atoms with Gasteiger partial charge in [0, 0.05) is 29.8 Å². The molecular formula is C21H20N2O6. The zero-order valence-electron chi connectivity index (χ0n) is 15.8. The van der Waals surface area contributed by atoms with Crippen LogP contribution in [0.2, 0.25) is 0 Å². The molecule has 0 saturated heterocycles. The maximum absolute atomic E-state index is 12.1. The van der Waals surface area contributed by atoms with E-state index in [2.05, 4.69) is 5.32 Å². The predicted molar refractivity (Wildman–Crippen MR) is 107 cm³/mol. The molecule has 1 N–H and O–H groups in total. The molecule has 0 heterocycles. The molecule has 0 saturated carbocycles. The van der Waals surface area contributed by atoms with Crippen LogP contribution in [0.4, 0.5) is 11.4 Å². The van der Waals surface area contributed by atoms with Gasteiger partial charge in [0.15, 0.2) is 12.4 Å². The van der Waals surface area contributed by atoms with Crippen LogP contribution in [0.5, 0.6) is 0 Å². The lowest BCUT2D eigenvalue weighted by Crippen LogP contribution is -2.13. The fraction of sp³-hybridized carbons (Fsp3) is 0.190. The van der Waals surface area contributed by atoms with Gasteiger partial charge in [0.25, 0.3) is 5.69 Å². The van der Waals surface area contributed by atoms with Crippen molar-refractivity contribution in [2.75, 3.05) is 11.9 Å². The number of nitro groups is 1. The van der Waals surface area contributed by atoms with Gasteiger partial charge in [-0.3, -0.25) is 19.7 Å². The Labute approximate surface area is 167 Å². The van der Waals surface area contributed by atoms with Gasteiger partial charge in [-0.15, -0.1) is 0 Å². The molecule has 0 spiro atoms. The summed E-state index contributed by atoms with van der Waals surface area (Å²) in [4.78, 5) is 45.9. The first kappa shape index (κ1) is 21.5. The highest BCUT2D eigenvalue weighted by Crippen LogP contribution is 2.19. The summed E-state index contributed by atoms with van der Waals surface area (Å²) in [6.07, 6.45) is 3.44. The number of ether oxygens (including phenoxy) is 1. The van der Waals surface area contributed by atoms with Gasteiger partial charge < -0.3 is 10.1 Å². The molecule has 2 rings (SSSR count). The highest BCUT2D eigenvalue weighted by Gasteiger charge is 2.12. The third-order valence-electron chi connectivity index (χ3n) is 3.85. The number of nitrogens with one attached hydrogen (secondary N) is 1. The number of carbonyl (C=O) groups is 3. The standard InChI is InChI=1S/C21H20N2O6/c1-2-5-20(25)22-17-11-8-16(9-12-17)19(24)14-29-21(26)13-10-15-6-3-4-7-18(15)23(27)28/h3-4,6-13H,2,5,14H2,1H3,(H,22,25)/b13-10+. The number of esters is 1. The Morgan fingerprint density at radius 3 is 2.45 bits per heavy atom. The van der Waals surface area contributed by atoms with E-state index in [1.165, 1.54) is 36.4 Å². The first-order chi connectivity index (χ1) is 13.9. The van der Waals surface area contributed by atoms with Crippen LogP contribution in [0.25, 0.3) is 6.08 Å². The molecule has 0 aromatic heterocycles. The van der Waals surface area contributed by atoms with Crippen LogP contribution >= 0.6 is 0 Å². The number of rotatable bonds is 9. The van der Waals surface area contributed by atoms with E-state index < -0.39 is 23.3 Å². The van der Waals surface area contributed by atoms with Gasteiger partial charge in [0.1, 0.15) is 0 Å². The van der Waals surface area contributed by atoms with E-state index in [0.717, 1.165) is 12.5 Å². The molecule has 150 valence electrons. The number of carbonyl (C=O) groups excluding carboxylic acids is 3. The van der Waals surface area contributed by atoms with Crippen molar-refractivity contribution >= 4 is 35.1 Å². The van der Waals surface area contributed by atoms with Crippen molar-refractivity contribution in [3.8, 4) is 0 Å². The molecule has 29 heavy (non-hydrogen) atoms. The Morgan fingerprint density at radius 1 is 1.10 bits per heavy atom. The summed E-state index contributed by atoms with van der Waals surface area (Å²) >= 11 is 0. The SMILES string of the molecule is CCCC(=O)Nc1ccc(C(=O)COC(=O)/C=C/c2ccccc2[N+](=O)[O-])cc1. The fourth-order valence-electron chi connectivity index (χ4n) is 2.41. The third-order valence-corrected chi connectivity index (χ3v) is 3.85. The van der Waals surface area contributed by atoms with Gasteiger partial charge in [-0.1, -0.05) is 19.1 Å². The van der Waals surface area contributed by atoms with E-state index in [4.69, 9.17) is 4.74 Å². The van der Waals surface area contributed by atoms with Gasteiger partial charge in [0.05, 0.1) is 10.5 Å². The molecule has 1 amide bonds. The Bertz CT molecular complexity index is 934. The molecule has 0 aliphatic carbocycles. The van der Waals surface area contributed by atoms with E-state index in [1.807, 2.05) is 6.92 Å². The fourth-order valence-corrected chi connectivity index (χ4v) is 2.41. The van der Waals surface area contributed by atoms with Crippen molar-refractivity contribution in [2.45, 2.75) is 19.8 Å². The number of nitro benzene ring substituents is 1. The minimum Gasteiger partial charge on any atom is -0.454 e. The first-order valence-corrected chi connectivity index (χ1v) is 8.92. The van der Waals surface area contributed by atoms with E-state index in [0.29, 0.717) is 17.7 Å². The molecule has 8 nitrogen and oxygen atoms in total. The molecular weight excluding hydrogens is 376 g/mol. The van der Waals surface area contributed by atoms with Crippen molar-refractivity contribution in [3.63, 3.8) is 0 Å². The zero-order chi connectivity index (χ0) is 21.2. The van der Waals surface area contributed by atoms with Gasteiger partial charge in [-0.05, 0) is 42.8 Å². The lowest BCUT2D eigenvalue weighted by molar-refractivity contribution is -0.385. The summed E-state index contributed by atoms with van der Waals surface area (Å²) in [6, 6.07) is 12.2. The van der Waals surface area contributed by atoms with Crippen LogP contribution < -0.4 is 5.32 Å². The number of para-hydroxylation sites is 1. The average Bonchev–Trinajstić information content (AvgIpc) is 2.71. The van der Waals surface area contributed by atoms with Gasteiger partial charge >= 0.3 is 5.97 Å². The molecule has 0 unspecified atom stereocenters. The number of ketones is 1. The van der Waals surface area contributed by atoms with Crippen LogP contribution in [0, 0.1) is 10.1 Å². The second-order valence-corrected chi connectivity index (χ2v) is 6.06. The normalized spacial score (nSPS) is 10.5. The highest BCUT2D eigenvalue weighted by molar-refractivity contribution is 5.99. The van der Waals surface area contributed by atoms with Crippen LogP contribution in [0.3, 0.4) is 0 Å². The number of nitrogens with zero attached hydrogens (tertiary/aromatic N) is 1. The average molecular weight is 396 g/mol. The topological polar surface area (TPSA) is 116 Å².